The van der Waals surface area contributed by atoms with Crippen LogP contribution in [0.3, 0.4) is 0 Å². The number of nitrogens with one attached hydrogen (secondary N) is 1. The maximum absolute atomic E-state index is 13.0. The molecule has 0 aliphatic carbocycles. The number of hydrogen-bond donors (Lipinski definition) is 2. The molecule has 2 amide bonds. The van der Waals surface area contributed by atoms with Gasteiger partial charge >= 0.3 is 12.2 Å². The van der Waals surface area contributed by atoms with Crippen LogP contribution in [0.1, 0.15) is 11.1 Å². The van der Waals surface area contributed by atoms with Crippen LogP contribution in [0.5, 0.6) is 0 Å². The first kappa shape index (κ1) is 18.1. The van der Waals surface area contributed by atoms with Crippen LogP contribution < -0.4 is 9.62 Å². The third-order valence-corrected chi connectivity index (χ3v) is 3.65. The number of alkyl halides is 3. The largest absolute Gasteiger partial charge is 0.416 e. The van der Waals surface area contributed by atoms with Gasteiger partial charge in [-0.25, -0.2) is 13.5 Å². The van der Waals surface area contributed by atoms with Gasteiger partial charge in [0.1, 0.15) is 5.82 Å². The molecule has 0 fully saturated rings. The van der Waals surface area contributed by atoms with Crippen molar-refractivity contribution < 1.29 is 22.4 Å². The highest BCUT2D eigenvalue weighted by molar-refractivity contribution is 7.82. The topological polar surface area (TPSA) is 32.3 Å². The van der Waals surface area contributed by atoms with E-state index in [1.54, 1.807) is 30.3 Å². The van der Waals surface area contributed by atoms with Crippen LogP contribution in [0.4, 0.5) is 28.0 Å². The normalized spacial score (nSPS) is 11.2. The van der Waals surface area contributed by atoms with E-state index in [-0.39, 0.29) is 18.5 Å². The van der Waals surface area contributed by atoms with Gasteiger partial charge in [0.15, 0.2) is 0 Å². The Bertz CT molecular complexity index is 707. The lowest BCUT2D eigenvalue weighted by atomic mass is 10.0. The Morgan fingerprint density at radius 2 is 1.79 bits per heavy atom. The maximum atomic E-state index is 13.0. The molecule has 128 valence electrons. The Morgan fingerprint density at radius 1 is 1.12 bits per heavy atom. The summed E-state index contributed by atoms with van der Waals surface area (Å²) in [4.78, 5) is 11.9. The van der Waals surface area contributed by atoms with Gasteiger partial charge in [-0.15, -0.1) is 0 Å². The molecule has 8 heteroatoms. The first-order valence-electron chi connectivity index (χ1n) is 6.96. The molecule has 0 saturated heterocycles. The van der Waals surface area contributed by atoms with Crippen molar-refractivity contribution in [2.45, 2.75) is 12.6 Å². The quantitative estimate of drug-likeness (QED) is 0.614. The summed E-state index contributed by atoms with van der Waals surface area (Å²) in [7, 11) is 0. The molecule has 0 spiro atoms. The number of thiol groups is 1. The van der Waals surface area contributed by atoms with E-state index in [1.807, 2.05) is 0 Å². The number of carbonyl (C=O) groups is 1. The fraction of sp³-hybridized carbons (Fsp3) is 0.188. The Morgan fingerprint density at radius 3 is 2.42 bits per heavy atom. The van der Waals surface area contributed by atoms with E-state index in [1.165, 1.54) is 0 Å². The molecule has 2 aromatic carbocycles. The zero-order valence-electron chi connectivity index (χ0n) is 12.3. The molecule has 2 aromatic rings. The third kappa shape index (κ3) is 4.64. The van der Waals surface area contributed by atoms with E-state index in [0.717, 1.165) is 16.4 Å². The molecule has 1 N–H and O–H groups in total. The molecule has 0 unspecified atom stereocenters. The smallest absolute Gasteiger partial charge is 0.337 e. The number of benzene rings is 2. The van der Waals surface area contributed by atoms with Crippen molar-refractivity contribution in [1.82, 2.24) is 5.32 Å². The summed E-state index contributed by atoms with van der Waals surface area (Å²) in [6.45, 7) is -0.0442. The molecule has 3 nitrogen and oxygen atoms in total. The van der Waals surface area contributed by atoms with Crippen LogP contribution in [0, 0.1) is 5.82 Å². The lowest BCUT2D eigenvalue weighted by Gasteiger charge is -2.17. The number of urea groups is 1. The van der Waals surface area contributed by atoms with Gasteiger partial charge < -0.3 is 5.32 Å². The van der Waals surface area contributed by atoms with E-state index >= 15 is 0 Å². The fourth-order valence-corrected chi connectivity index (χ4v) is 2.30. The summed E-state index contributed by atoms with van der Waals surface area (Å²) in [5, 5.41) is 2.47. The molecular formula is C16H14F4N2OS. The Balaban J connectivity index is 1.98. The number of amides is 2. The summed E-state index contributed by atoms with van der Waals surface area (Å²) in [6.07, 6.45) is -4.74. The molecule has 0 saturated carbocycles. The second kappa shape index (κ2) is 7.57. The highest BCUT2D eigenvalue weighted by atomic mass is 32.1. The maximum Gasteiger partial charge on any atom is 0.416 e. The van der Waals surface area contributed by atoms with Crippen molar-refractivity contribution in [3.63, 3.8) is 0 Å². The van der Waals surface area contributed by atoms with Crippen LogP contribution in [-0.2, 0) is 12.6 Å². The number of halogens is 4. The van der Waals surface area contributed by atoms with Crippen molar-refractivity contribution in [2.24, 2.45) is 0 Å². The second-order valence-electron chi connectivity index (χ2n) is 4.93. The monoisotopic (exact) mass is 358 g/mol. The number of para-hydroxylation sites is 1. The van der Waals surface area contributed by atoms with Gasteiger partial charge in [-0.05, 0) is 36.2 Å². The molecule has 0 aromatic heterocycles. The van der Waals surface area contributed by atoms with E-state index in [4.69, 9.17) is 0 Å². The van der Waals surface area contributed by atoms with Gasteiger partial charge in [0.2, 0.25) is 0 Å². The molecule has 24 heavy (non-hydrogen) atoms. The van der Waals surface area contributed by atoms with Crippen molar-refractivity contribution in [3.05, 3.63) is 65.5 Å². The van der Waals surface area contributed by atoms with Crippen LogP contribution in [-0.4, -0.2) is 12.6 Å². The second-order valence-corrected chi connectivity index (χ2v) is 5.33. The average molecular weight is 358 g/mol. The summed E-state index contributed by atoms with van der Waals surface area (Å²) in [5.74, 6) is -0.958. The molecule has 0 atom stereocenters. The molecule has 0 aliphatic heterocycles. The minimum Gasteiger partial charge on any atom is -0.337 e. The highest BCUT2D eigenvalue weighted by Gasteiger charge is 2.33. The summed E-state index contributed by atoms with van der Waals surface area (Å²) in [5.41, 5.74) is -0.603. The van der Waals surface area contributed by atoms with Crippen molar-refractivity contribution in [3.8, 4) is 0 Å². The van der Waals surface area contributed by atoms with Crippen molar-refractivity contribution in [2.75, 3.05) is 10.8 Å². The summed E-state index contributed by atoms with van der Waals surface area (Å²) >= 11 is 4.05. The number of anilines is 1. The number of hydrogen-bond acceptors (Lipinski definition) is 2. The first-order chi connectivity index (χ1) is 11.3. The van der Waals surface area contributed by atoms with Crippen LogP contribution in [0.2, 0.25) is 0 Å². The van der Waals surface area contributed by atoms with E-state index in [2.05, 4.69) is 18.1 Å². The van der Waals surface area contributed by atoms with Gasteiger partial charge in [0, 0.05) is 6.54 Å². The predicted molar refractivity (Wildman–Crippen MR) is 86.4 cm³/mol. The summed E-state index contributed by atoms with van der Waals surface area (Å²) < 4.78 is 52.8. The predicted octanol–water partition coefficient (Wildman–Crippen LogP) is 4.45. The van der Waals surface area contributed by atoms with Gasteiger partial charge in [-0.2, -0.15) is 13.2 Å². The Hall–Kier alpha value is -2.22. The molecule has 0 aliphatic rings. The van der Waals surface area contributed by atoms with Crippen molar-refractivity contribution in [1.29, 1.82) is 0 Å². The molecule has 0 heterocycles. The van der Waals surface area contributed by atoms with Crippen LogP contribution >= 0.6 is 12.8 Å². The van der Waals surface area contributed by atoms with E-state index in [0.29, 0.717) is 11.8 Å². The van der Waals surface area contributed by atoms with Gasteiger partial charge in [0.05, 0.1) is 11.3 Å². The Labute approximate surface area is 141 Å². The molecule has 0 bridgehead atoms. The fourth-order valence-electron chi connectivity index (χ4n) is 2.10. The van der Waals surface area contributed by atoms with Gasteiger partial charge in [-0.1, -0.05) is 37.1 Å². The third-order valence-electron chi connectivity index (χ3n) is 3.24. The lowest BCUT2D eigenvalue weighted by Crippen LogP contribution is -2.35. The minimum atomic E-state index is -4.65. The van der Waals surface area contributed by atoms with Crippen molar-refractivity contribution >= 4 is 24.5 Å². The number of rotatable bonds is 4. The SMILES string of the molecule is O=C(NCCc1ccc(F)cc1C(F)(F)F)N(S)c1ccccc1. The zero-order chi connectivity index (χ0) is 17.7. The highest BCUT2D eigenvalue weighted by Crippen LogP contribution is 2.32. The first-order valence-corrected chi connectivity index (χ1v) is 7.36. The van der Waals surface area contributed by atoms with Gasteiger partial charge in [0.25, 0.3) is 0 Å². The lowest BCUT2D eigenvalue weighted by molar-refractivity contribution is -0.138. The van der Waals surface area contributed by atoms with E-state index in [9.17, 15) is 22.4 Å². The number of nitrogens with zero attached hydrogens (tertiary/aromatic N) is 1. The van der Waals surface area contributed by atoms with Crippen LogP contribution in [0.15, 0.2) is 48.5 Å². The molecule has 0 radical (unpaired) electrons. The van der Waals surface area contributed by atoms with Gasteiger partial charge in [-0.3, -0.25) is 0 Å². The average Bonchev–Trinajstić information content (AvgIpc) is 2.55. The standard InChI is InChI=1S/C16H14F4N2OS/c17-12-7-6-11(14(10-12)16(18,19)20)8-9-21-15(23)22(24)13-4-2-1-3-5-13/h1-7,10,24H,8-9H2,(H,21,23). The number of carbonyl (C=O) groups excluding carboxylic acids is 1. The Kier molecular flexibility index (Phi) is 5.71. The zero-order valence-corrected chi connectivity index (χ0v) is 13.2. The summed E-state index contributed by atoms with van der Waals surface area (Å²) in [6, 6.07) is 10.5. The van der Waals surface area contributed by atoms with Crippen LogP contribution in [0.25, 0.3) is 0 Å². The molecule has 2 rings (SSSR count). The molecular weight excluding hydrogens is 344 g/mol. The minimum absolute atomic E-state index is 0.0442. The van der Waals surface area contributed by atoms with E-state index < -0.39 is 23.6 Å².